The molecule has 0 bridgehead atoms. The van der Waals surface area contributed by atoms with E-state index in [4.69, 9.17) is 4.74 Å². The molecule has 2 rings (SSSR count). The van der Waals surface area contributed by atoms with E-state index in [1.165, 1.54) is 0 Å². The minimum atomic E-state index is 0.800. The normalized spacial score (nSPS) is 9.54. The van der Waals surface area contributed by atoms with Crippen LogP contribution in [0.25, 0.3) is 0 Å². The summed E-state index contributed by atoms with van der Waals surface area (Å²) in [5.74, 6) is 1.62. The molecule has 0 aliphatic rings. The summed E-state index contributed by atoms with van der Waals surface area (Å²) in [5, 5.41) is 0. The lowest BCUT2D eigenvalue weighted by molar-refractivity contribution is 0.482. The minimum absolute atomic E-state index is 0.800. The van der Waals surface area contributed by atoms with Gasteiger partial charge in [-0.25, -0.2) is 0 Å². The number of benzene rings is 2. The highest BCUT2D eigenvalue weighted by atomic mass is 16.5. The second-order valence-corrected chi connectivity index (χ2v) is 2.58. The largest absolute Gasteiger partial charge is 0.457 e. The van der Waals surface area contributed by atoms with Crippen molar-refractivity contribution in [2.24, 2.45) is 0 Å². The van der Waals surface area contributed by atoms with E-state index >= 15 is 0 Å². The predicted octanol–water partition coefficient (Wildman–Crippen LogP) is 3.08. The third-order valence-corrected chi connectivity index (χ3v) is 1.60. The maximum atomic E-state index is 5.53. The first-order chi connectivity index (χ1) is 6.45. The van der Waals surface area contributed by atoms with Crippen LogP contribution in [-0.4, -0.2) is 0 Å². The summed E-state index contributed by atoms with van der Waals surface area (Å²) in [6, 6.07) is 20.7. The van der Waals surface area contributed by atoms with Gasteiger partial charge in [-0.1, -0.05) is 24.3 Å². The van der Waals surface area contributed by atoms with Crippen molar-refractivity contribution in [2.45, 2.75) is 0 Å². The molecular weight excluding hydrogens is 160 g/mol. The van der Waals surface area contributed by atoms with Gasteiger partial charge >= 0.3 is 0 Å². The summed E-state index contributed by atoms with van der Waals surface area (Å²) in [6.07, 6.45) is 0. The Bertz CT molecular complexity index is 316. The standard InChI is InChI=1S/C12H8O/c1-3-7-11(8-4-1)13-12-9-5-2-6-10-12/h1,3,5-10H. The number of rotatable bonds is 2. The number of hydrogen-bond acceptors (Lipinski definition) is 1. The summed E-state index contributed by atoms with van der Waals surface area (Å²) in [6.45, 7) is 0. The molecule has 0 saturated carbocycles. The molecule has 0 aromatic heterocycles. The maximum absolute atomic E-state index is 5.53. The molecule has 2 aromatic rings. The Morgan fingerprint density at radius 3 is 2.38 bits per heavy atom. The second kappa shape index (κ2) is 3.76. The summed E-state index contributed by atoms with van der Waals surface area (Å²) in [7, 11) is 0. The van der Waals surface area contributed by atoms with Gasteiger partial charge in [-0.3, -0.25) is 0 Å². The second-order valence-electron chi connectivity index (χ2n) is 2.58. The number of hydrogen-bond donors (Lipinski definition) is 0. The van der Waals surface area contributed by atoms with E-state index in [1.807, 2.05) is 42.5 Å². The Hall–Kier alpha value is -1.76. The van der Waals surface area contributed by atoms with Crippen molar-refractivity contribution in [1.82, 2.24) is 0 Å². The molecule has 0 amide bonds. The molecule has 0 N–H and O–H groups in total. The quantitative estimate of drug-likeness (QED) is 0.669. The highest BCUT2D eigenvalue weighted by Crippen LogP contribution is 2.19. The van der Waals surface area contributed by atoms with Gasteiger partial charge in [0.15, 0.2) is 0 Å². The summed E-state index contributed by atoms with van der Waals surface area (Å²) in [5.41, 5.74) is 0. The highest BCUT2D eigenvalue weighted by molar-refractivity contribution is 5.29. The fraction of sp³-hybridized carbons (Fsp3) is 0. The lowest BCUT2D eigenvalue weighted by atomic mass is 10.3. The SMILES string of the molecule is [c]1ccc(Oc2c[c]ccc2)cc1. The van der Waals surface area contributed by atoms with Crippen LogP contribution in [0.15, 0.2) is 48.5 Å². The lowest BCUT2D eigenvalue weighted by Gasteiger charge is -2.03. The third-order valence-electron chi connectivity index (χ3n) is 1.60. The van der Waals surface area contributed by atoms with Gasteiger partial charge in [-0.2, -0.15) is 0 Å². The van der Waals surface area contributed by atoms with E-state index in [-0.39, 0.29) is 0 Å². The van der Waals surface area contributed by atoms with Crippen LogP contribution < -0.4 is 4.74 Å². The van der Waals surface area contributed by atoms with Gasteiger partial charge in [0.25, 0.3) is 0 Å². The van der Waals surface area contributed by atoms with Crippen LogP contribution in [0.5, 0.6) is 11.5 Å². The summed E-state index contributed by atoms with van der Waals surface area (Å²) in [4.78, 5) is 0. The van der Waals surface area contributed by atoms with Crippen molar-refractivity contribution in [3.63, 3.8) is 0 Å². The van der Waals surface area contributed by atoms with Gasteiger partial charge in [0.2, 0.25) is 0 Å². The van der Waals surface area contributed by atoms with Crippen molar-refractivity contribution in [1.29, 1.82) is 0 Å². The minimum Gasteiger partial charge on any atom is -0.457 e. The molecule has 0 spiro atoms. The van der Waals surface area contributed by atoms with E-state index in [0.29, 0.717) is 0 Å². The molecule has 0 heterocycles. The molecule has 0 aliphatic carbocycles. The van der Waals surface area contributed by atoms with Crippen molar-refractivity contribution >= 4 is 0 Å². The Labute approximate surface area is 77.6 Å². The monoisotopic (exact) mass is 168 g/mol. The van der Waals surface area contributed by atoms with Crippen LogP contribution in [0.1, 0.15) is 0 Å². The van der Waals surface area contributed by atoms with Gasteiger partial charge in [-0.05, 0) is 36.4 Å². The molecular formula is C12H8O. The van der Waals surface area contributed by atoms with E-state index in [9.17, 15) is 0 Å². The smallest absolute Gasteiger partial charge is 0.128 e. The first-order valence-corrected chi connectivity index (χ1v) is 4.05. The van der Waals surface area contributed by atoms with Crippen molar-refractivity contribution in [3.05, 3.63) is 60.7 Å². The van der Waals surface area contributed by atoms with Crippen molar-refractivity contribution in [2.75, 3.05) is 0 Å². The predicted molar refractivity (Wildman–Crippen MR) is 50.6 cm³/mol. The first kappa shape index (κ1) is 7.87. The van der Waals surface area contributed by atoms with Crippen LogP contribution in [0.2, 0.25) is 0 Å². The first-order valence-electron chi connectivity index (χ1n) is 4.05. The fourth-order valence-corrected chi connectivity index (χ4v) is 1.02. The number of ether oxygens (including phenoxy) is 1. The topological polar surface area (TPSA) is 9.23 Å². The molecule has 0 fully saturated rings. The van der Waals surface area contributed by atoms with Crippen LogP contribution in [0.4, 0.5) is 0 Å². The zero-order valence-corrected chi connectivity index (χ0v) is 7.03. The highest BCUT2D eigenvalue weighted by Gasteiger charge is 1.92. The molecule has 0 aliphatic heterocycles. The third kappa shape index (κ3) is 2.09. The van der Waals surface area contributed by atoms with E-state index in [2.05, 4.69) is 12.1 Å². The van der Waals surface area contributed by atoms with Crippen LogP contribution in [0, 0.1) is 12.1 Å². The van der Waals surface area contributed by atoms with Crippen LogP contribution in [0.3, 0.4) is 0 Å². The summed E-state index contributed by atoms with van der Waals surface area (Å²) >= 11 is 0. The molecule has 13 heavy (non-hydrogen) atoms. The van der Waals surface area contributed by atoms with Crippen LogP contribution >= 0.6 is 0 Å². The van der Waals surface area contributed by atoms with Gasteiger partial charge in [-0.15, -0.1) is 0 Å². The Kier molecular flexibility index (Phi) is 2.28. The summed E-state index contributed by atoms with van der Waals surface area (Å²) < 4.78 is 5.53. The molecule has 62 valence electrons. The van der Waals surface area contributed by atoms with Crippen molar-refractivity contribution < 1.29 is 4.74 Å². The molecule has 1 nitrogen and oxygen atoms in total. The molecule has 1 heteroatoms. The Balaban J connectivity index is 2.16. The fourth-order valence-electron chi connectivity index (χ4n) is 1.02. The molecule has 2 radical (unpaired) electrons. The van der Waals surface area contributed by atoms with E-state index in [1.54, 1.807) is 6.07 Å². The molecule has 2 aromatic carbocycles. The molecule has 0 saturated heterocycles. The molecule has 0 unspecified atom stereocenters. The molecule has 0 atom stereocenters. The van der Waals surface area contributed by atoms with Crippen molar-refractivity contribution in [3.8, 4) is 11.5 Å². The van der Waals surface area contributed by atoms with Gasteiger partial charge in [0.05, 0.1) is 0 Å². The zero-order valence-electron chi connectivity index (χ0n) is 7.03. The average Bonchev–Trinajstić information content (AvgIpc) is 2.21. The average molecular weight is 168 g/mol. The lowest BCUT2D eigenvalue weighted by Crippen LogP contribution is -1.81. The Morgan fingerprint density at radius 1 is 0.846 bits per heavy atom. The van der Waals surface area contributed by atoms with Gasteiger partial charge in [0.1, 0.15) is 11.5 Å². The van der Waals surface area contributed by atoms with Gasteiger partial charge < -0.3 is 4.74 Å². The van der Waals surface area contributed by atoms with Gasteiger partial charge in [0, 0.05) is 0 Å². The van der Waals surface area contributed by atoms with Crippen LogP contribution in [-0.2, 0) is 0 Å². The van der Waals surface area contributed by atoms with E-state index in [0.717, 1.165) is 11.5 Å². The maximum Gasteiger partial charge on any atom is 0.128 e. The van der Waals surface area contributed by atoms with E-state index < -0.39 is 0 Å². The zero-order chi connectivity index (χ0) is 8.93. The Morgan fingerprint density at radius 2 is 1.69 bits per heavy atom.